The summed E-state index contributed by atoms with van der Waals surface area (Å²) in [7, 11) is 2.05. The number of fused-ring (bicyclic) bond motifs is 1. The third kappa shape index (κ3) is 9.51. The van der Waals surface area contributed by atoms with Crippen LogP contribution in [-0.2, 0) is 16.1 Å². The minimum absolute atomic E-state index is 0.0587. The molecule has 2 amide bonds. The molecule has 0 aliphatic carbocycles. The van der Waals surface area contributed by atoms with Gasteiger partial charge in [0.15, 0.2) is 0 Å². The Morgan fingerprint density at radius 2 is 1.92 bits per heavy atom. The summed E-state index contributed by atoms with van der Waals surface area (Å²) in [4.78, 5) is 49.2. The highest BCUT2D eigenvalue weighted by atomic mass is 16.5. The molecule has 0 radical (unpaired) electrons. The number of piperidine rings is 1. The van der Waals surface area contributed by atoms with E-state index in [-0.39, 0.29) is 17.9 Å². The molecule has 0 saturated carbocycles. The Labute approximate surface area is 293 Å². The van der Waals surface area contributed by atoms with Crippen molar-refractivity contribution in [3.8, 4) is 11.3 Å². The first kappa shape index (κ1) is 35.1. The number of amides is 2. The Balaban J connectivity index is 1.00. The number of likely N-dealkylation sites (N-methyl/N-ethyl adjacent to an activating group) is 1. The number of benzene rings is 1. The van der Waals surface area contributed by atoms with E-state index in [0.29, 0.717) is 37.7 Å². The maximum absolute atomic E-state index is 13.2. The van der Waals surface area contributed by atoms with Gasteiger partial charge in [0.1, 0.15) is 23.5 Å². The summed E-state index contributed by atoms with van der Waals surface area (Å²) in [5, 5.41) is 7.12. The molecule has 13 heteroatoms. The lowest BCUT2D eigenvalue weighted by molar-refractivity contribution is -0.117. The number of anilines is 2. The van der Waals surface area contributed by atoms with Crippen LogP contribution in [0.1, 0.15) is 41.7 Å². The topological polar surface area (TPSA) is 158 Å². The number of rotatable bonds is 14. The first-order valence-corrected chi connectivity index (χ1v) is 17.6. The Bertz CT molecular complexity index is 1750. The second-order valence-electron chi connectivity index (χ2n) is 13.1. The van der Waals surface area contributed by atoms with E-state index in [2.05, 4.69) is 51.3 Å². The molecule has 5 heterocycles. The standard InChI is InChI=1S/C37H48N10O3/c1-45(15-3-2-13-38)16-5-7-34(48)42-30-6-4-17-46(25-30)24-27-12-14-39-33(22-27)37(49)43-29-10-8-28(9-11-29)32-23-31-35(44-32)40-26-41-36(31)47-18-20-50-21-19-47/h5,7-12,14,22-23,26,30H,2-4,6,13,15-21,24-25,38H2,1H3,(H,42,48)(H,43,49)(H,40,41,44)/b7-5+/t30-/m1/s1. The van der Waals surface area contributed by atoms with Crippen molar-refractivity contribution in [1.82, 2.24) is 35.1 Å². The number of likely N-dealkylation sites (tertiary alicyclic amines) is 1. The van der Waals surface area contributed by atoms with E-state index in [9.17, 15) is 9.59 Å². The van der Waals surface area contributed by atoms with Crippen LogP contribution in [0.25, 0.3) is 22.3 Å². The van der Waals surface area contributed by atoms with Crippen LogP contribution in [0.2, 0.25) is 0 Å². The van der Waals surface area contributed by atoms with Crippen LogP contribution in [0, 0.1) is 0 Å². The summed E-state index contributed by atoms with van der Waals surface area (Å²) >= 11 is 0. The number of carbonyl (C=O) groups is 2. The fourth-order valence-corrected chi connectivity index (χ4v) is 6.52. The molecule has 2 aliphatic rings. The van der Waals surface area contributed by atoms with Gasteiger partial charge in [-0.3, -0.25) is 19.5 Å². The normalized spacial score (nSPS) is 17.1. The van der Waals surface area contributed by atoms with E-state index in [1.807, 2.05) is 49.5 Å². The molecule has 1 aromatic carbocycles. The quantitative estimate of drug-likeness (QED) is 0.115. The van der Waals surface area contributed by atoms with Gasteiger partial charge < -0.3 is 35.9 Å². The lowest BCUT2D eigenvalue weighted by atomic mass is 10.0. The zero-order valence-corrected chi connectivity index (χ0v) is 28.8. The minimum atomic E-state index is -0.267. The number of carbonyl (C=O) groups excluding carboxylic acids is 2. The molecule has 6 rings (SSSR count). The highest BCUT2D eigenvalue weighted by Crippen LogP contribution is 2.30. The predicted octanol–water partition coefficient (Wildman–Crippen LogP) is 3.42. The van der Waals surface area contributed by atoms with Gasteiger partial charge in [-0.1, -0.05) is 18.2 Å². The second-order valence-corrected chi connectivity index (χ2v) is 13.1. The Hall–Kier alpha value is -4.69. The number of pyridine rings is 1. The zero-order valence-electron chi connectivity index (χ0n) is 28.8. The molecule has 50 heavy (non-hydrogen) atoms. The monoisotopic (exact) mass is 680 g/mol. The molecule has 1 atom stereocenters. The summed E-state index contributed by atoms with van der Waals surface area (Å²) in [6.07, 6.45) is 10.8. The van der Waals surface area contributed by atoms with E-state index in [1.165, 1.54) is 0 Å². The molecule has 13 nitrogen and oxygen atoms in total. The van der Waals surface area contributed by atoms with Gasteiger partial charge in [-0.05, 0) is 93.8 Å². The van der Waals surface area contributed by atoms with E-state index in [4.69, 9.17) is 10.5 Å². The lowest BCUT2D eigenvalue weighted by Gasteiger charge is -2.33. The largest absolute Gasteiger partial charge is 0.378 e. The molecule has 2 saturated heterocycles. The maximum atomic E-state index is 13.2. The molecule has 2 aliphatic heterocycles. The molecule has 0 spiro atoms. The fraction of sp³-hybridized carbons (Fsp3) is 0.432. The Morgan fingerprint density at radius 1 is 1.08 bits per heavy atom. The number of hydrogen-bond acceptors (Lipinski definition) is 10. The number of hydrogen-bond donors (Lipinski definition) is 4. The van der Waals surface area contributed by atoms with Crippen LogP contribution in [0.3, 0.4) is 0 Å². The molecule has 264 valence electrons. The van der Waals surface area contributed by atoms with Gasteiger partial charge in [-0.2, -0.15) is 0 Å². The molecular weight excluding hydrogens is 632 g/mol. The molecule has 3 aromatic heterocycles. The summed E-state index contributed by atoms with van der Waals surface area (Å²) < 4.78 is 5.50. The van der Waals surface area contributed by atoms with Gasteiger partial charge in [0.05, 0.1) is 18.6 Å². The van der Waals surface area contributed by atoms with Crippen molar-refractivity contribution in [2.24, 2.45) is 5.73 Å². The number of nitrogens with one attached hydrogen (secondary N) is 3. The molecule has 0 unspecified atom stereocenters. The van der Waals surface area contributed by atoms with E-state index >= 15 is 0 Å². The average molecular weight is 681 g/mol. The van der Waals surface area contributed by atoms with Crippen LogP contribution in [-0.4, -0.2) is 114 Å². The molecule has 0 bridgehead atoms. The number of morpholine rings is 1. The summed E-state index contributed by atoms with van der Waals surface area (Å²) in [5.74, 6) is 0.580. The number of unbranched alkanes of at least 4 members (excludes halogenated alkanes) is 1. The van der Waals surface area contributed by atoms with Gasteiger partial charge >= 0.3 is 0 Å². The number of aromatic amines is 1. The predicted molar refractivity (Wildman–Crippen MR) is 196 cm³/mol. The van der Waals surface area contributed by atoms with Gasteiger partial charge in [0.25, 0.3) is 5.91 Å². The van der Waals surface area contributed by atoms with Crippen molar-refractivity contribution >= 4 is 34.4 Å². The van der Waals surface area contributed by atoms with Crippen molar-refractivity contribution in [3.05, 3.63) is 78.4 Å². The Kier molecular flexibility index (Phi) is 12.2. The third-order valence-corrected chi connectivity index (χ3v) is 9.16. The fourth-order valence-electron chi connectivity index (χ4n) is 6.52. The SMILES string of the molecule is CN(C/C=C/C(=O)N[C@@H]1CCCN(Cc2ccnc(C(=O)Nc3ccc(-c4cc5c(N6CCOCC6)ncnc5[nH]4)cc3)c2)C1)CCCCN. The average Bonchev–Trinajstić information content (AvgIpc) is 3.57. The minimum Gasteiger partial charge on any atom is -0.378 e. The molecular formula is C37H48N10O3. The van der Waals surface area contributed by atoms with Crippen LogP contribution in [0.4, 0.5) is 11.5 Å². The highest BCUT2D eigenvalue weighted by molar-refractivity contribution is 6.03. The van der Waals surface area contributed by atoms with E-state index < -0.39 is 0 Å². The van der Waals surface area contributed by atoms with Gasteiger partial charge in [-0.25, -0.2) is 9.97 Å². The van der Waals surface area contributed by atoms with Gasteiger partial charge in [0.2, 0.25) is 5.91 Å². The molecule has 5 N–H and O–H groups in total. The lowest BCUT2D eigenvalue weighted by Crippen LogP contribution is -2.47. The van der Waals surface area contributed by atoms with Crippen molar-refractivity contribution in [2.75, 3.05) is 76.3 Å². The van der Waals surface area contributed by atoms with Crippen molar-refractivity contribution < 1.29 is 14.3 Å². The number of ether oxygens (including phenoxy) is 1. The van der Waals surface area contributed by atoms with Crippen molar-refractivity contribution in [2.45, 2.75) is 38.3 Å². The smallest absolute Gasteiger partial charge is 0.274 e. The molecule has 4 aromatic rings. The van der Waals surface area contributed by atoms with Crippen molar-refractivity contribution in [1.29, 1.82) is 0 Å². The van der Waals surface area contributed by atoms with E-state index in [1.54, 1.807) is 18.6 Å². The number of aromatic nitrogens is 4. The highest BCUT2D eigenvalue weighted by Gasteiger charge is 2.22. The van der Waals surface area contributed by atoms with Crippen LogP contribution >= 0.6 is 0 Å². The summed E-state index contributed by atoms with van der Waals surface area (Å²) in [6.45, 7) is 7.73. The van der Waals surface area contributed by atoms with Crippen LogP contribution in [0.5, 0.6) is 0 Å². The van der Waals surface area contributed by atoms with Gasteiger partial charge in [0, 0.05) is 62.4 Å². The first-order valence-electron chi connectivity index (χ1n) is 17.6. The van der Waals surface area contributed by atoms with Gasteiger partial charge in [-0.15, -0.1) is 0 Å². The Morgan fingerprint density at radius 3 is 2.74 bits per heavy atom. The van der Waals surface area contributed by atoms with E-state index in [0.717, 1.165) is 98.6 Å². The number of nitrogens with zero attached hydrogens (tertiary/aromatic N) is 6. The van der Waals surface area contributed by atoms with Crippen LogP contribution < -0.4 is 21.3 Å². The maximum Gasteiger partial charge on any atom is 0.274 e. The first-order chi connectivity index (χ1) is 24.4. The third-order valence-electron chi connectivity index (χ3n) is 9.16. The van der Waals surface area contributed by atoms with Crippen LogP contribution in [0.15, 0.2) is 67.1 Å². The second kappa shape index (κ2) is 17.3. The summed E-state index contributed by atoms with van der Waals surface area (Å²) in [5.41, 5.74) is 10.3. The number of nitrogens with two attached hydrogens (primary N) is 1. The molecule has 2 fully saturated rings. The number of H-pyrrole nitrogens is 1. The summed E-state index contributed by atoms with van der Waals surface area (Å²) in [6, 6.07) is 13.7. The van der Waals surface area contributed by atoms with Crippen molar-refractivity contribution in [3.63, 3.8) is 0 Å². The zero-order chi connectivity index (χ0) is 34.7.